The molecule has 1 N–H and O–H groups in total. The van der Waals surface area contributed by atoms with E-state index in [4.69, 9.17) is 23.8 Å². The number of nitrogens with zero attached hydrogens (tertiary/aromatic N) is 6. The SMILES string of the molecule is CCn1ncc(Cn2cc(NC(=S)N3CCN(Cc4ccc(Cl)cc4)CC3)cn2)c1C. The maximum atomic E-state index is 5.98. The van der Waals surface area contributed by atoms with E-state index < -0.39 is 0 Å². The summed E-state index contributed by atoms with van der Waals surface area (Å²) in [5.41, 5.74) is 4.55. The van der Waals surface area contributed by atoms with Crippen molar-refractivity contribution >= 4 is 34.6 Å². The lowest BCUT2D eigenvalue weighted by Crippen LogP contribution is -2.49. The zero-order chi connectivity index (χ0) is 21.8. The van der Waals surface area contributed by atoms with Crippen molar-refractivity contribution in [1.82, 2.24) is 29.4 Å². The van der Waals surface area contributed by atoms with Crippen LogP contribution < -0.4 is 5.32 Å². The lowest BCUT2D eigenvalue weighted by Gasteiger charge is -2.36. The van der Waals surface area contributed by atoms with Gasteiger partial charge in [-0.05, 0) is 43.8 Å². The second kappa shape index (κ2) is 9.80. The van der Waals surface area contributed by atoms with Crippen LogP contribution >= 0.6 is 23.8 Å². The van der Waals surface area contributed by atoms with E-state index in [0.29, 0.717) is 6.54 Å². The largest absolute Gasteiger partial charge is 0.346 e. The Morgan fingerprint density at radius 1 is 1.06 bits per heavy atom. The summed E-state index contributed by atoms with van der Waals surface area (Å²) in [6.45, 7) is 10.5. The third-order valence-corrected chi connectivity index (χ3v) is 6.31. The number of aromatic nitrogens is 4. The van der Waals surface area contributed by atoms with Gasteiger partial charge in [0.05, 0.1) is 24.6 Å². The molecule has 9 heteroatoms. The number of anilines is 1. The average Bonchev–Trinajstić information content (AvgIpc) is 3.36. The Morgan fingerprint density at radius 2 is 1.81 bits per heavy atom. The van der Waals surface area contributed by atoms with E-state index in [-0.39, 0.29) is 0 Å². The summed E-state index contributed by atoms with van der Waals surface area (Å²) < 4.78 is 3.92. The van der Waals surface area contributed by atoms with Gasteiger partial charge in [0.25, 0.3) is 0 Å². The smallest absolute Gasteiger partial charge is 0.173 e. The number of hydrogen-bond acceptors (Lipinski definition) is 4. The number of thiocarbonyl (C=S) groups is 1. The van der Waals surface area contributed by atoms with Crippen molar-refractivity contribution in [3.8, 4) is 0 Å². The number of rotatable bonds is 6. The summed E-state index contributed by atoms with van der Waals surface area (Å²) in [7, 11) is 0. The number of benzene rings is 1. The predicted molar refractivity (Wildman–Crippen MR) is 128 cm³/mol. The zero-order valence-corrected chi connectivity index (χ0v) is 19.5. The topological polar surface area (TPSA) is 54.2 Å². The molecule has 4 rings (SSSR count). The number of nitrogens with one attached hydrogen (secondary N) is 1. The Labute approximate surface area is 193 Å². The summed E-state index contributed by atoms with van der Waals surface area (Å²) in [5, 5.41) is 13.7. The molecule has 1 aliphatic heterocycles. The van der Waals surface area contributed by atoms with Crippen molar-refractivity contribution in [2.75, 3.05) is 31.5 Å². The fourth-order valence-corrected chi connectivity index (χ4v) is 4.23. The molecular weight excluding hydrogens is 430 g/mol. The first-order valence-corrected chi connectivity index (χ1v) is 11.4. The maximum Gasteiger partial charge on any atom is 0.173 e. The van der Waals surface area contributed by atoms with Crippen LogP contribution in [0, 0.1) is 6.92 Å². The van der Waals surface area contributed by atoms with E-state index in [1.807, 2.05) is 40.1 Å². The highest BCUT2D eigenvalue weighted by Crippen LogP contribution is 2.15. The number of halogens is 1. The molecule has 0 unspecified atom stereocenters. The van der Waals surface area contributed by atoms with Crippen LogP contribution in [0.15, 0.2) is 42.9 Å². The molecule has 3 heterocycles. The Morgan fingerprint density at radius 3 is 2.48 bits per heavy atom. The van der Waals surface area contributed by atoms with Crippen molar-refractivity contribution in [3.05, 3.63) is 64.7 Å². The molecule has 0 radical (unpaired) electrons. The lowest BCUT2D eigenvalue weighted by atomic mass is 10.2. The summed E-state index contributed by atoms with van der Waals surface area (Å²) in [6, 6.07) is 8.08. The van der Waals surface area contributed by atoms with Gasteiger partial charge in [0, 0.05) is 61.7 Å². The van der Waals surface area contributed by atoms with Crippen LogP contribution in [-0.2, 0) is 19.6 Å². The van der Waals surface area contributed by atoms with Crippen LogP contribution in [0.5, 0.6) is 0 Å². The molecule has 0 spiro atoms. The molecule has 3 aromatic rings. The Balaban J connectivity index is 1.26. The van der Waals surface area contributed by atoms with E-state index in [9.17, 15) is 0 Å². The average molecular weight is 458 g/mol. The standard InChI is InChI=1S/C22H28ClN7S/c1-3-30-17(2)19(12-25-30)15-29-16-21(13-24-29)26-22(31)28-10-8-27(9-11-28)14-18-4-6-20(23)7-5-18/h4-7,12-13,16H,3,8-11,14-15H2,1-2H3,(H,26,31). The minimum absolute atomic E-state index is 0.698. The quantitative estimate of drug-likeness (QED) is 0.570. The second-order valence-electron chi connectivity index (χ2n) is 7.82. The van der Waals surface area contributed by atoms with Gasteiger partial charge in [0.1, 0.15) is 0 Å². The van der Waals surface area contributed by atoms with Gasteiger partial charge in [0.2, 0.25) is 0 Å². The van der Waals surface area contributed by atoms with Crippen molar-refractivity contribution < 1.29 is 0 Å². The van der Waals surface area contributed by atoms with Crippen LogP contribution in [-0.4, -0.2) is 60.7 Å². The monoisotopic (exact) mass is 457 g/mol. The number of piperazine rings is 1. The van der Waals surface area contributed by atoms with Crippen molar-refractivity contribution in [2.24, 2.45) is 0 Å². The molecular formula is C22H28ClN7S. The van der Waals surface area contributed by atoms with Crippen molar-refractivity contribution in [2.45, 2.75) is 33.5 Å². The zero-order valence-electron chi connectivity index (χ0n) is 18.0. The first kappa shape index (κ1) is 21.8. The Bertz CT molecular complexity index is 1020. The highest BCUT2D eigenvalue weighted by Gasteiger charge is 2.19. The molecule has 1 aromatic carbocycles. The second-order valence-corrected chi connectivity index (χ2v) is 8.64. The van der Waals surface area contributed by atoms with E-state index in [1.54, 1.807) is 0 Å². The molecule has 0 atom stereocenters. The van der Waals surface area contributed by atoms with Gasteiger partial charge < -0.3 is 10.2 Å². The molecule has 7 nitrogen and oxygen atoms in total. The summed E-state index contributed by atoms with van der Waals surface area (Å²) in [4.78, 5) is 4.67. The van der Waals surface area contributed by atoms with Crippen LogP contribution in [0.25, 0.3) is 0 Å². The van der Waals surface area contributed by atoms with Gasteiger partial charge in [-0.3, -0.25) is 14.3 Å². The molecule has 0 aliphatic carbocycles. The molecule has 2 aromatic heterocycles. The van der Waals surface area contributed by atoms with Crippen molar-refractivity contribution in [1.29, 1.82) is 0 Å². The third kappa shape index (κ3) is 5.44. The van der Waals surface area contributed by atoms with Gasteiger partial charge in [0.15, 0.2) is 5.11 Å². The molecule has 0 saturated carbocycles. The molecule has 1 aliphatic rings. The summed E-state index contributed by atoms with van der Waals surface area (Å²) in [5.74, 6) is 0. The van der Waals surface area contributed by atoms with Crippen molar-refractivity contribution in [3.63, 3.8) is 0 Å². The highest BCUT2D eigenvalue weighted by molar-refractivity contribution is 7.80. The molecule has 1 fully saturated rings. The highest BCUT2D eigenvalue weighted by atomic mass is 35.5. The number of hydrogen-bond donors (Lipinski definition) is 1. The van der Waals surface area contributed by atoms with Gasteiger partial charge in [-0.15, -0.1) is 0 Å². The maximum absolute atomic E-state index is 5.98. The summed E-state index contributed by atoms with van der Waals surface area (Å²) in [6.07, 6.45) is 5.73. The normalized spacial score (nSPS) is 14.7. The molecule has 1 saturated heterocycles. The number of aryl methyl sites for hydroxylation is 1. The van der Waals surface area contributed by atoms with Crippen LogP contribution in [0.3, 0.4) is 0 Å². The van der Waals surface area contributed by atoms with Crippen LogP contribution in [0.2, 0.25) is 5.02 Å². The van der Waals surface area contributed by atoms with Gasteiger partial charge in [-0.2, -0.15) is 10.2 Å². The van der Waals surface area contributed by atoms with Gasteiger partial charge in [-0.1, -0.05) is 23.7 Å². The molecule has 164 valence electrons. The van der Waals surface area contributed by atoms with Crippen LogP contribution in [0.4, 0.5) is 5.69 Å². The minimum atomic E-state index is 0.698. The molecule has 0 bridgehead atoms. The first-order valence-electron chi connectivity index (χ1n) is 10.6. The Hall–Kier alpha value is -2.42. The fraction of sp³-hybridized carbons (Fsp3) is 0.409. The fourth-order valence-electron chi connectivity index (χ4n) is 3.81. The Kier molecular flexibility index (Phi) is 6.89. The molecule has 0 amide bonds. The lowest BCUT2D eigenvalue weighted by molar-refractivity contribution is 0.177. The van der Waals surface area contributed by atoms with Crippen LogP contribution in [0.1, 0.15) is 23.7 Å². The van der Waals surface area contributed by atoms with Gasteiger partial charge >= 0.3 is 0 Å². The summed E-state index contributed by atoms with van der Waals surface area (Å²) >= 11 is 11.6. The predicted octanol–water partition coefficient (Wildman–Crippen LogP) is 3.62. The first-order chi connectivity index (χ1) is 15.0. The third-order valence-electron chi connectivity index (χ3n) is 5.70. The van der Waals surface area contributed by atoms with Gasteiger partial charge in [-0.25, -0.2) is 0 Å². The molecule has 31 heavy (non-hydrogen) atoms. The van der Waals surface area contributed by atoms with E-state index in [1.165, 1.54) is 16.8 Å². The van der Waals surface area contributed by atoms with E-state index >= 15 is 0 Å². The van der Waals surface area contributed by atoms with E-state index in [2.05, 4.69) is 51.3 Å². The minimum Gasteiger partial charge on any atom is -0.346 e. The van der Waals surface area contributed by atoms with E-state index in [0.717, 1.165) is 55.1 Å².